The van der Waals surface area contributed by atoms with E-state index < -0.39 is 0 Å². The highest BCUT2D eigenvalue weighted by molar-refractivity contribution is 5.87. The smallest absolute Gasteiger partial charge is 0.123 e. The summed E-state index contributed by atoms with van der Waals surface area (Å²) in [7, 11) is 1.80. The lowest BCUT2D eigenvalue weighted by Gasteiger charge is -2.57. The predicted molar refractivity (Wildman–Crippen MR) is 250 cm³/mol. The first-order chi connectivity index (χ1) is 28.7. The van der Waals surface area contributed by atoms with Gasteiger partial charge >= 0.3 is 0 Å². The highest BCUT2D eigenvalue weighted by atomic mass is 16.5. The molecule has 0 unspecified atom stereocenters. The van der Waals surface area contributed by atoms with Crippen molar-refractivity contribution in [2.24, 2.45) is 35.5 Å². The van der Waals surface area contributed by atoms with Crippen LogP contribution in [0.1, 0.15) is 141 Å². The molecule has 0 aliphatic heterocycles. The number of benzene rings is 4. The molecule has 4 aromatic carbocycles. The molecule has 0 saturated heterocycles. The predicted octanol–water partition coefficient (Wildman–Crippen LogP) is 15.3. The van der Waals surface area contributed by atoms with Crippen molar-refractivity contribution < 1.29 is 4.74 Å². The molecular weight excluding hydrogens is 727 g/mol. The van der Waals surface area contributed by atoms with Crippen LogP contribution < -0.4 is 4.74 Å². The summed E-state index contributed by atoms with van der Waals surface area (Å²) >= 11 is 0. The van der Waals surface area contributed by atoms with Gasteiger partial charge in [-0.1, -0.05) is 126 Å². The van der Waals surface area contributed by atoms with Gasteiger partial charge in [-0.15, -0.1) is 0 Å². The summed E-state index contributed by atoms with van der Waals surface area (Å²) < 4.78 is 6.13. The minimum absolute atomic E-state index is 0.0486. The summed E-state index contributed by atoms with van der Waals surface area (Å²) in [6.07, 6.45) is 17.0. The lowest BCUT2D eigenvalue weighted by molar-refractivity contribution is -0.00534. The van der Waals surface area contributed by atoms with E-state index in [1.54, 1.807) is 18.2 Å². The van der Waals surface area contributed by atoms with Gasteiger partial charge in [0, 0.05) is 23.3 Å². The molecule has 8 saturated carbocycles. The Morgan fingerprint density at radius 1 is 0.450 bits per heavy atom. The maximum absolute atomic E-state index is 6.13. The van der Waals surface area contributed by atoms with Gasteiger partial charge in [0.1, 0.15) is 5.75 Å². The molecule has 8 aliphatic carbocycles. The quantitative estimate of drug-likeness (QED) is 0.164. The van der Waals surface area contributed by atoms with E-state index in [-0.39, 0.29) is 10.8 Å². The molecule has 60 heavy (non-hydrogen) atoms. The molecule has 1 heterocycles. The van der Waals surface area contributed by atoms with E-state index in [4.69, 9.17) is 9.72 Å². The molecule has 310 valence electrons. The molecule has 1 aromatic heterocycles. The van der Waals surface area contributed by atoms with E-state index >= 15 is 0 Å². The van der Waals surface area contributed by atoms with Crippen molar-refractivity contribution in [1.29, 1.82) is 0 Å². The standard InChI is InChI=1S/C58H67NO/c1-55(2,3)44-22-42(24-46(26-44)57-30-36-16-37(31-57)18-38(17-36)32-57)49-12-8-10-14-51(49)53-28-48(60-7)29-54(59-53)52-15-11-9-13-50(52)43-23-45(56(4,5)6)27-47(25-43)58-33-39-19-40(34-58)21-41(20-39)35-58/h8-15,22-29,36-41H,16-21,30-35H2,1-7H3. The van der Waals surface area contributed by atoms with E-state index in [1.807, 2.05) is 0 Å². The van der Waals surface area contributed by atoms with Crippen LogP contribution in [0.5, 0.6) is 5.75 Å². The van der Waals surface area contributed by atoms with Crippen molar-refractivity contribution >= 4 is 0 Å². The fourth-order valence-corrected chi connectivity index (χ4v) is 14.8. The minimum Gasteiger partial charge on any atom is -0.497 e. The average Bonchev–Trinajstić information content (AvgIpc) is 3.21. The molecule has 8 aliphatic rings. The maximum atomic E-state index is 6.13. The molecule has 0 spiro atoms. The Morgan fingerprint density at radius 3 is 1.10 bits per heavy atom. The van der Waals surface area contributed by atoms with Crippen molar-refractivity contribution in [3.8, 4) is 50.5 Å². The van der Waals surface area contributed by atoms with Gasteiger partial charge in [-0.05, 0) is 179 Å². The normalized spacial score (nSPS) is 30.2. The highest BCUT2D eigenvalue weighted by Crippen LogP contribution is 2.63. The Morgan fingerprint density at radius 2 is 0.783 bits per heavy atom. The Kier molecular flexibility index (Phi) is 8.99. The topological polar surface area (TPSA) is 22.1 Å². The highest BCUT2D eigenvalue weighted by Gasteiger charge is 2.53. The Hall–Kier alpha value is -4.17. The van der Waals surface area contributed by atoms with Gasteiger partial charge in [0.15, 0.2) is 0 Å². The lowest BCUT2D eigenvalue weighted by Crippen LogP contribution is -2.48. The molecule has 5 aromatic rings. The summed E-state index contributed by atoms with van der Waals surface area (Å²) in [6, 6.07) is 37.7. The second-order valence-corrected chi connectivity index (χ2v) is 23.4. The average molecular weight is 794 g/mol. The van der Waals surface area contributed by atoms with E-state index in [9.17, 15) is 0 Å². The van der Waals surface area contributed by atoms with Crippen LogP contribution in [0.15, 0.2) is 97.1 Å². The van der Waals surface area contributed by atoms with Crippen molar-refractivity contribution in [1.82, 2.24) is 4.98 Å². The number of hydrogen-bond acceptors (Lipinski definition) is 2. The van der Waals surface area contributed by atoms with Crippen LogP contribution in [0.3, 0.4) is 0 Å². The molecular formula is C58H67NO. The Labute approximate surface area is 361 Å². The first kappa shape index (κ1) is 38.7. The summed E-state index contributed by atoms with van der Waals surface area (Å²) in [5.41, 5.74) is 16.2. The molecule has 0 N–H and O–H groups in total. The van der Waals surface area contributed by atoms with Gasteiger partial charge in [-0.25, -0.2) is 4.98 Å². The number of pyridine rings is 1. The first-order valence-electron chi connectivity index (χ1n) is 23.8. The van der Waals surface area contributed by atoms with Gasteiger partial charge in [0.2, 0.25) is 0 Å². The van der Waals surface area contributed by atoms with Crippen LogP contribution in [0, 0.1) is 35.5 Å². The summed E-state index contributed by atoms with van der Waals surface area (Å²) in [5, 5.41) is 0. The fraction of sp³-hybridized carbons (Fsp3) is 0.500. The van der Waals surface area contributed by atoms with Crippen LogP contribution in [-0.4, -0.2) is 12.1 Å². The van der Waals surface area contributed by atoms with E-state index in [0.29, 0.717) is 10.8 Å². The third kappa shape index (κ3) is 6.69. The minimum atomic E-state index is 0.0486. The molecule has 13 rings (SSSR count). The van der Waals surface area contributed by atoms with Crippen LogP contribution >= 0.6 is 0 Å². The molecule has 8 fully saturated rings. The largest absolute Gasteiger partial charge is 0.497 e. The monoisotopic (exact) mass is 794 g/mol. The maximum Gasteiger partial charge on any atom is 0.123 e. The Balaban J connectivity index is 1.03. The van der Waals surface area contributed by atoms with Crippen LogP contribution in [0.2, 0.25) is 0 Å². The number of aromatic nitrogens is 1. The zero-order valence-electron chi connectivity index (χ0n) is 37.5. The van der Waals surface area contributed by atoms with Gasteiger partial charge < -0.3 is 4.74 Å². The number of ether oxygens (including phenoxy) is 1. The second-order valence-electron chi connectivity index (χ2n) is 23.4. The van der Waals surface area contributed by atoms with Gasteiger partial charge in [0.25, 0.3) is 0 Å². The zero-order valence-corrected chi connectivity index (χ0v) is 37.5. The first-order valence-corrected chi connectivity index (χ1v) is 23.8. The molecule has 2 heteroatoms. The summed E-state index contributed by atoms with van der Waals surface area (Å²) in [4.78, 5) is 5.61. The van der Waals surface area contributed by atoms with Crippen LogP contribution in [0.4, 0.5) is 0 Å². The van der Waals surface area contributed by atoms with Crippen LogP contribution in [0.25, 0.3) is 44.8 Å². The lowest BCUT2D eigenvalue weighted by atomic mass is 9.48. The second kappa shape index (κ2) is 13.9. The van der Waals surface area contributed by atoms with Crippen molar-refractivity contribution in [2.75, 3.05) is 7.11 Å². The SMILES string of the molecule is COc1cc(-c2ccccc2-c2cc(C(C)(C)C)cc(C34CC5CC(CC(C5)C3)C4)c2)nc(-c2ccccc2-c2cc(C(C)(C)C)cc(C34CC5CC(CC(C5)C3)C4)c2)c1. The molecule has 0 radical (unpaired) electrons. The molecule has 0 amide bonds. The third-order valence-electron chi connectivity index (χ3n) is 17.0. The van der Waals surface area contributed by atoms with E-state index in [2.05, 4.69) is 139 Å². The molecule has 2 nitrogen and oxygen atoms in total. The summed E-state index contributed by atoms with van der Waals surface area (Å²) in [5.74, 6) is 6.30. The summed E-state index contributed by atoms with van der Waals surface area (Å²) in [6.45, 7) is 14.3. The van der Waals surface area contributed by atoms with Crippen molar-refractivity contribution in [3.63, 3.8) is 0 Å². The number of methoxy groups -OCH3 is 1. The van der Waals surface area contributed by atoms with Crippen molar-refractivity contribution in [2.45, 2.75) is 140 Å². The van der Waals surface area contributed by atoms with Gasteiger partial charge in [-0.2, -0.15) is 0 Å². The van der Waals surface area contributed by atoms with E-state index in [0.717, 1.165) is 63.8 Å². The third-order valence-corrected chi connectivity index (χ3v) is 17.0. The molecule has 8 bridgehead atoms. The van der Waals surface area contributed by atoms with Gasteiger partial charge in [-0.3, -0.25) is 0 Å². The Bertz CT molecular complexity index is 2230. The van der Waals surface area contributed by atoms with E-state index in [1.165, 1.54) is 110 Å². The molecule has 0 atom stereocenters. The van der Waals surface area contributed by atoms with Crippen LogP contribution in [-0.2, 0) is 21.7 Å². The number of hydrogen-bond donors (Lipinski definition) is 0. The number of rotatable bonds is 7. The van der Waals surface area contributed by atoms with Crippen molar-refractivity contribution in [3.05, 3.63) is 119 Å². The fourth-order valence-electron chi connectivity index (χ4n) is 14.8. The zero-order chi connectivity index (χ0) is 41.2. The number of nitrogens with zero attached hydrogens (tertiary/aromatic N) is 1. The van der Waals surface area contributed by atoms with Gasteiger partial charge in [0.05, 0.1) is 18.5 Å².